The predicted octanol–water partition coefficient (Wildman–Crippen LogP) is 1.31. The van der Waals surface area contributed by atoms with Crippen molar-refractivity contribution in [3.05, 3.63) is 22.8 Å². The molecule has 0 aromatic heterocycles. The number of esters is 1. The second kappa shape index (κ2) is 7.31. The van der Waals surface area contributed by atoms with Crippen LogP contribution in [-0.4, -0.2) is 56.7 Å². The van der Waals surface area contributed by atoms with Crippen LogP contribution >= 0.6 is 0 Å². The third kappa shape index (κ3) is 3.51. The van der Waals surface area contributed by atoms with Crippen molar-refractivity contribution < 1.29 is 27.8 Å². The fourth-order valence-corrected chi connectivity index (χ4v) is 5.40. The lowest BCUT2D eigenvalue weighted by Gasteiger charge is -2.35. The van der Waals surface area contributed by atoms with Crippen molar-refractivity contribution in [2.75, 3.05) is 20.8 Å². The van der Waals surface area contributed by atoms with Gasteiger partial charge in [0.25, 0.3) is 0 Å². The second-order valence-electron chi connectivity index (χ2n) is 6.31. The Bertz CT molecular complexity index is 774. The lowest BCUT2D eigenvalue weighted by molar-refractivity contribution is -0.147. The van der Waals surface area contributed by atoms with E-state index >= 15 is 0 Å². The summed E-state index contributed by atoms with van der Waals surface area (Å²) < 4.78 is 37.8. The van der Waals surface area contributed by atoms with Crippen LogP contribution in [0.5, 0.6) is 5.75 Å². The van der Waals surface area contributed by atoms with Gasteiger partial charge in [-0.1, -0.05) is 0 Å². The first-order valence-electron chi connectivity index (χ1n) is 8.07. The molecule has 0 saturated carbocycles. The van der Waals surface area contributed by atoms with E-state index < -0.39 is 28.1 Å². The molecule has 7 nitrogen and oxygen atoms in total. The molecule has 2 atom stereocenters. The number of piperidine rings is 1. The number of carbonyl (C=O) groups is 1. The number of nitrogens with zero attached hydrogens (tertiary/aromatic N) is 1. The molecule has 1 aliphatic heterocycles. The van der Waals surface area contributed by atoms with E-state index in [9.17, 15) is 18.3 Å². The van der Waals surface area contributed by atoms with Gasteiger partial charge >= 0.3 is 5.97 Å². The number of ether oxygens (including phenoxy) is 2. The van der Waals surface area contributed by atoms with Gasteiger partial charge in [0.15, 0.2) is 0 Å². The maximum Gasteiger partial charge on any atom is 0.324 e. The Hall–Kier alpha value is -1.64. The predicted molar refractivity (Wildman–Crippen MR) is 92.1 cm³/mol. The van der Waals surface area contributed by atoms with Gasteiger partial charge in [0, 0.05) is 13.0 Å². The molecule has 25 heavy (non-hydrogen) atoms. The van der Waals surface area contributed by atoms with Crippen LogP contribution in [-0.2, 0) is 19.6 Å². The molecule has 0 unspecified atom stereocenters. The van der Waals surface area contributed by atoms with E-state index in [1.54, 1.807) is 26.8 Å². The minimum atomic E-state index is -3.93. The molecular weight excluding hydrogens is 346 g/mol. The van der Waals surface area contributed by atoms with Gasteiger partial charge in [-0.25, -0.2) is 8.42 Å². The van der Waals surface area contributed by atoms with Gasteiger partial charge in [0.1, 0.15) is 11.8 Å². The standard InChI is InChI=1S/C17H25NO6S/c1-10-8-15(23-4)11(2)12(3)16(10)25(21,22)18-7-6-13(19)9-14(18)17(20)24-5/h8,13-14,19H,6-7,9H2,1-5H3/t13-,14+/m0/s1. The number of aryl methyl sites for hydroxylation is 1. The number of benzene rings is 1. The largest absolute Gasteiger partial charge is 0.496 e. The first-order valence-corrected chi connectivity index (χ1v) is 9.51. The maximum atomic E-state index is 13.3. The summed E-state index contributed by atoms with van der Waals surface area (Å²) in [4.78, 5) is 12.3. The number of aliphatic hydroxyl groups is 1. The molecule has 0 aliphatic carbocycles. The van der Waals surface area contributed by atoms with E-state index in [1.807, 2.05) is 0 Å². The highest BCUT2D eigenvalue weighted by molar-refractivity contribution is 7.89. The van der Waals surface area contributed by atoms with E-state index in [0.29, 0.717) is 16.9 Å². The maximum absolute atomic E-state index is 13.3. The Kier molecular flexibility index (Phi) is 5.75. The molecule has 1 aliphatic rings. The van der Waals surface area contributed by atoms with Gasteiger partial charge in [0.2, 0.25) is 10.0 Å². The number of hydrogen-bond donors (Lipinski definition) is 1. The molecule has 1 fully saturated rings. The van der Waals surface area contributed by atoms with E-state index in [0.717, 1.165) is 9.87 Å². The number of hydrogen-bond acceptors (Lipinski definition) is 6. The van der Waals surface area contributed by atoms with E-state index in [2.05, 4.69) is 0 Å². The Morgan fingerprint density at radius 1 is 1.24 bits per heavy atom. The first-order chi connectivity index (χ1) is 11.6. The van der Waals surface area contributed by atoms with Crippen molar-refractivity contribution in [3.8, 4) is 5.75 Å². The monoisotopic (exact) mass is 371 g/mol. The van der Waals surface area contributed by atoms with E-state index in [1.165, 1.54) is 14.2 Å². The summed E-state index contributed by atoms with van der Waals surface area (Å²) in [6.07, 6.45) is -0.422. The third-order valence-corrected chi connectivity index (χ3v) is 6.96. The fraction of sp³-hybridized carbons (Fsp3) is 0.588. The van der Waals surface area contributed by atoms with Gasteiger partial charge in [-0.2, -0.15) is 4.31 Å². The van der Waals surface area contributed by atoms with Gasteiger partial charge in [0.05, 0.1) is 25.2 Å². The zero-order valence-electron chi connectivity index (χ0n) is 15.2. The van der Waals surface area contributed by atoms with Crippen molar-refractivity contribution in [3.63, 3.8) is 0 Å². The highest BCUT2D eigenvalue weighted by atomic mass is 32.2. The van der Waals surface area contributed by atoms with E-state index in [4.69, 9.17) is 9.47 Å². The Morgan fingerprint density at radius 2 is 1.88 bits per heavy atom. The second-order valence-corrected chi connectivity index (χ2v) is 8.14. The van der Waals surface area contributed by atoms with Gasteiger partial charge in [-0.3, -0.25) is 4.79 Å². The molecule has 2 rings (SSSR count). The lowest BCUT2D eigenvalue weighted by atomic mass is 10.0. The van der Waals surface area contributed by atoms with E-state index in [-0.39, 0.29) is 24.3 Å². The number of sulfonamides is 1. The molecule has 0 radical (unpaired) electrons. The quantitative estimate of drug-likeness (QED) is 0.802. The van der Waals surface area contributed by atoms with Crippen molar-refractivity contribution in [1.82, 2.24) is 4.31 Å². The van der Waals surface area contributed by atoms with Crippen LogP contribution in [0.1, 0.15) is 29.5 Å². The summed E-state index contributed by atoms with van der Waals surface area (Å²) in [6, 6.07) is 0.654. The van der Waals surface area contributed by atoms with Crippen LogP contribution in [0.3, 0.4) is 0 Å². The highest BCUT2D eigenvalue weighted by Crippen LogP contribution is 2.34. The van der Waals surface area contributed by atoms with Crippen LogP contribution in [0.2, 0.25) is 0 Å². The van der Waals surface area contributed by atoms with Crippen molar-refractivity contribution >= 4 is 16.0 Å². The number of rotatable bonds is 4. The van der Waals surface area contributed by atoms with Crippen LogP contribution in [0.15, 0.2) is 11.0 Å². The molecule has 1 aromatic carbocycles. The zero-order chi connectivity index (χ0) is 18.9. The summed E-state index contributed by atoms with van der Waals surface area (Å²) in [6.45, 7) is 5.29. The summed E-state index contributed by atoms with van der Waals surface area (Å²) in [7, 11) is -1.19. The minimum absolute atomic E-state index is 0.0269. The molecular formula is C17H25NO6S. The Balaban J connectivity index is 2.58. The number of methoxy groups -OCH3 is 2. The zero-order valence-corrected chi connectivity index (χ0v) is 16.0. The molecule has 0 spiro atoms. The topological polar surface area (TPSA) is 93.1 Å². The molecule has 0 amide bonds. The normalized spacial score (nSPS) is 21.8. The molecule has 8 heteroatoms. The summed E-state index contributed by atoms with van der Waals surface area (Å²) in [5.41, 5.74) is 1.87. The number of aliphatic hydroxyl groups excluding tert-OH is 1. The molecule has 0 bridgehead atoms. The lowest BCUT2D eigenvalue weighted by Crippen LogP contribution is -2.51. The smallest absolute Gasteiger partial charge is 0.324 e. The van der Waals surface area contributed by atoms with Crippen molar-refractivity contribution in [1.29, 1.82) is 0 Å². The SMILES string of the molecule is COC(=O)[C@H]1C[C@@H](O)CCN1S(=O)(=O)c1c(C)cc(OC)c(C)c1C. The number of carbonyl (C=O) groups excluding carboxylic acids is 1. The third-order valence-electron chi connectivity index (χ3n) is 4.76. The molecule has 1 heterocycles. The molecule has 140 valence electrons. The first kappa shape index (κ1) is 19.7. The van der Waals surface area contributed by atoms with Crippen LogP contribution in [0.25, 0.3) is 0 Å². The average Bonchev–Trinajstić information content (AvgIpc) is 2.56. The summed E-state index contributed by atoms with van der Waals surface area (Å²) in [5.74, 6) is -0.0459. The van der Waals surface area contributed by atoms with Crippen LogP contribution in [0, 0.1) is 20.8 Å². The summed E-state index contributed by atoms with van der Waals surface area (Å²) >= 11 is 0. The van der Waals surface area contributed by atoms with Crippen LogP contribution in [0.4, 0.5) is 0 Å². The average molecular weight is 371 g/mol. The molecule has 1 saturated heterocycles. The van der Waals surface area contributed by atoms with Crippen molar-refractivity contribution in [2.24, 2.45) is 0 Å². The van der Waals surface area contributed by atoms with Gasteiger partial charge in [-0.05, 0) is 49.9 Å². The van der Waals surface area contributed by atoms with Gasteiger partial charge < -0.3 is 14.6 Å². The Morgan fingerprint density at radius 3 is 2.44 bits per heavy atom. The van der Waals surface area contributed by atoms with Gasteiger partial charge in [-0.15, -0.1) is 0 Å². The van der Waals surface area contributed by atoms with Crippen LogP contribution < -0.4 is 4.74 Å². The Labute approximate surface area is 148 Å². The summed E-state index contributed by atoms with van der Waals surface area (Å²) in [5, 5.41) is 9.85. The molecule has 1 N–H and O–H groups in total. The molecule has 1 aromatic rings. The van der Waals surface area contributed by atoms with Crippen molar-refractivity contribution in [2.45, 2.75) is 50.7 Å². The fourth-order valence-electron chi connectivity index (χ4n) is 3.31. The highest BCUT2D eigenvalue weighted by Gasteiger charge is 2.42. The minimum Gasteiger partial charge on any atom is -0.496 e.